The highest BCUT2D eigenvalue weighted by Crippen LogP contribution is 2.33. The normalized spacial score (nSPS) is 15.1. The van der Waals surface area contributed by atoms with E-state index in [1.807, 2.05) is 0 Å². The van der Waals surface area contributed by atoms with Crippen molar-refractivity contribution in [3.8, 4) is 0 Å². The summed E-state index contributed by atoms with van der Waals surface area (Å²) in [7, 11) is 1.14. The Kier molecular flexibility index (Phi) is 7.77. The third-order valence-electron chi connectivity index (χ3n) is 5.72. The first kappa shape index (κ1) is 25.8. The number of amides is 2. The minimum atomic E-state index is -4.54. The number of alkyl halides is 3. The summed E-state index contributed by atoms with van der Waals surface area (Å²) < 4.78 is 67.6. The number of urea groups is 1. The average molecular weight is 499 g/mol. The van der Waals surface area contributed by atoms with Crippen molar-refractivity contribution in [1.82, 2.24) is 9.21 Å². The number of carbonyl (C=O) groups excluding carboxylic acids is 1. The SMILES string of the molecule is CN(Cc1ccccc1C(F)(F)F)C(=O)Nc1cc(S(=O)(=O)N2CCCCC2)ccc1N(C)C. The molecule has 1 aliphatic heterocycles. The fourth-order valence-corrected chi connectivity index (χ4v) is 5.44. The molecule has 1 aliphatic rings. The van der Waals surface area contributed by atoms with E-state index in [1.165, 1.54) is 41.7 Å². The molecule has 34 heavy (non-hydrogen) atoms. The molecule has 2 aromatic carbocycles. The molecular weight excluding hydrogens is 469 g/mol. The van der Waals surface area contributed by atoms with E-state index >= 15 is 0 Å². The van der Waals surface area contributed by atoms with E-state index in [1.54, 1.807) is 25.1 Å². The van der Waals surface area contributed by atoms with Gasteiger partial charge in [-0.2, -0.15) is 17.5 Å². The summed E-state index contributed by atoms with van der Waals surface area (Å²) in [5.74, 6) is 0. The summed E-state index contributed by atoms with van der Waals surface area (Å²) in [6, 6.07) is 8.91. The zero-order valence-corrected chi connectivity index (χ0v) is 20.2. The van der Waals surface area contributed by atoms with Gasteiger partial charge in [-0.15, -0.1) is 0 Å². The number of benzene rings is 2. The predicted octanol–water partition coefficient (Wildman–Crippen LogP) is 4.61. The number of hydrogen-bond donors (Lipinski definition) is 1. The summed E-state index contributed by atoms with van der Waals surface area (Å²) >= 11 is 0. The van der Waals surface area contributed by atoms with Gasteiger partial charge in [0.15, 0.2) is 0 Å². The molecule has 0 atom stereocenters. The molecule has 186 valence electrons. The molecule has 0 unspecified atom stereocenters. The second kappa shape index (κ2) is 10.2. The fourth-order valence-electron chi connectivity index (χ4n) is 3.89. The lowest BCUT2D eigenvalue weighted by Crippen LogP contribution is -2.36. The Morgan fingerprint density at radius 2 is 1.68 bits per heavy atom. The van der Waals surface area contributed by atoms with Crippen LogP contribution in [0.4, 0.5) is 29.3 Å². The molecule has 0 spiro atoms. The van der Waals surface area contributed by atoms with Gasteiger partial charge in [0, 0.05) is 40.8 Å². The molecule has 3 rings (SSSR count). The number of nitrogens with one attached hydrogen (secondary N) is 1. The number of carbonyl (C=O) groups is 1. The zero-order chi connectivity index (χ0) is 25.1. The van der Waals surface area contributed by atoms with Crippen molar-refractivity contribution in [2.75, 3.05) is 44.4 Å². The van der Waals surface area contributed by atoms with E-state index < -0.39 is 27.8 Å². The lowest BCUT2D eigenvalue weighted by Gasteiger charge is -2.27. The molecule has 1 fully saturated rings. The van der Waals surface area contributed by atoms with Crippen LogP contribution in [0, 0.1) is 0 Å². The number of rotatable bonds is 6. The van der Waals surface area contributed by atoms with Gasteiger partial charge in [0.1, 0.15) is 0 Å². The Labute approximate surface area is 198 Å². The van der Waals surface area contributed by atoms with E-state index in [9.17, 15) is 26.4 Å². The van der Waals surface area contributed by atoms with Crippen LogP contribution in [0.2, 0.25) is 0 Å². The highest BCUT2D eigenvalue weighted by molar-refractivity contribution is 7.89. The van der Waals surface area contributed by atoms with Crippen LogP contribution in [0.5, 0.6) is 0 Å². The maximum absolute atomic E-state index is 13.3. The highest BCUT2D eigenvalue weighted by atomic mass is 32.2. The molecule has 7 nitrogen and oxygen atoms in total. The van der Waals surface area contributed by atoms with Gasteiger partial charge in [-0.25, -0.2) is 13.2 Å². The van der Waals surface area contributed by atoms with Crippen molar-refractivity contribution < 1.29 is 26.4 Å². The Bertz CT molecular complexity index is 1130. The molecule has 1 saturated heterocycles. The molecule has 0 aromatic heterocycles. The maximum Gasteiger partial charge on any atom is 0.416 e. The molecule has 1 N–H and O–H groups in total. The molecule has 0 bridgehead atoms. The molecule has 1 heterocycles. The zero-order valence-electron chi connectivity index (χ0n) is 19.4. The van der Waals surface area contributed by atoms with E-state index in [-0.39, 0.29) is 22.7 Å². The Balaban J connectivity index is 1.85. The smallest absolute Gasteiger partial charge is 0.376 e. The molecule has 0 saturated carbocycles. The van der Waals surface area contributed by atoms with Crippen LogP contribution < -0.4 is 10.2 Å². The number of sulfonamides is 1. The standard InChI is InChI=1S/C23H29F3N4O3S/c1-28(2)21-12-11-18(34(32,33)30-13-7-4-8-14-30)15-20(21)27-22(31)29(3)16-17-9-5-6-10-19(17)23(24,25)26/h5-6,9-12,15H,4,7-8,13-14,16H2,1-3H3,(H,27,31). The number of hydrogen-bond acceptors (Lipinski definition) is 4. The second-order valence-electron chi connectivity index (χ2n) is 8.48. The monoisotopic (exact) mass is 498 g/mol. The third-order valence-corrected chi connectivity index (χ3v) is 7.62. The second-order valence-corrected chi connectivity index (χ2v) is 10.4. The number of halogens is 3. The Morgan fingerprint density at radius 3 is 2.29 bits per heavy atom. The highest BCUT2D eigenvalue weighted by Gasteiger charge is 2.33. The summed E-state index contributed by atoms with van der Waals surface area (Å²) in [6.45, 7) is 0.617. The van der Waals surface area contributed by atoms with E-state index in [2.05, 4.69) is 5.32 Å². The number of nitrogens with zero attached hydrogens (tertiary/aromatic N) is 3. The number of anilines is 2. The number of piperidine rings is 1. The topological polar surface area (TPSA) is 73.0 Å². The maximum atomic E-state index is 13.3. The largest absolute Gasteiger partial charge is 0.416 e. The minimum Gasteiger partial charge on any atom is -0.376 e. The molecule has 2 aromatic rings. The first-order valence-electron chi connectivity index (χ1n) is 10.9. The summed E-state index contributed by atoms with van der Waals surface area (Å²) in [4.78, 5) is 15.8. The van der Waals surface area contributed by atoms with Crippen molar-refractivity contribution in [2.45, 2.75) is 36.9 Å². The Hall–Kier alpha value is -2.79. The van der Waals surface area contributed by atoms with Crippen LogP contribution >= 0.6 is 0 Å². The molecule has 2 amide bonds. The van der Waals surface area contributed by atoms with E-state index in [4.69, 9.17) is 0 Å². The molecule has 11 heteroatoms. The van der Waals surface area contributed by atoms with Crippen LogP contribution in [-0.2, 0) is 22.7 Å². The van der Waals surface area contributed by atoms with Crippen molar-refractivity contribution in [3.05, 3.63) is 53.6 Å². The van der Waals surface area contributed by atoms with Gasteiger partial charge in [-0.3, -0.25) is 0 Å². The lowest BCUT2D eigenvalue weighted by atomic mass is 10.1. The summed E-state index contributed by atoms with van der Waals surface area (Å²) in [5, 5.41) is 2.67. The quantitative estimate of drug-likeness (QED) is 0.631. The van der Waals surface area contributed by atoms with Gasteiger partial charge in [0.05, 0.1) is 21.8 Å². The molecule has 0 aliphatic carbocycles. The van der Waals surface area contributed by atoms with Gasteiger partial charge < -0.3 is 15.1 Å². The molecular formula is C23H29F3N4O3S. The summed E-state index contributed by atoms with van der Waals surface area (Å²) in [5.41, 5.74) is -0.0285. The summed E-state index contributed by atoms with van der Waals surface area (Å²) in [6.07, 6.45) is -1.97. The van der Waals surface area contributed by atoms with E-state index in [0.29, 0.717) is 18.8 Å². The third kappa shape index (κ3) is 5.82. The average Bonchev–Trinajstić information content (AvgIpc) is 2.79. The Morgan fingerprint density at radius 1 is 1.03 bits per heavy atom. The fraction of sp³-hybridized carbons (Fsp3) is 0.435. The predicted molar refractivity (Wildman–Crippen MR) is 125 cm³/mol. The first-order chi connectivity index (χ1) is 15.9. The lowest BCUT2D eigenvalue weighted by molar-refractivity contribution is -0.138. The van der Waals surface area contributed by atoms with Crippen LogP contribution in [0.1, 0.15) is 30.4 Å². The van der Waals surface area contributed by atoms with Crippen molar-refractivity contribution in [3.63, 3.8) is 0 Å². The first-order valence-corrected chi connectivity index (χ1v) is 12.3. The van der Waals surface area contributed by atoms with Gasteiger partial charge in [0.2, 0.25) is 10.0 Å². The van der Waals surface area contributed by atoms with Gasteiger partial charge >= 0.3 is 12.2 Å². The van der Waals surface area contributed by atoms with Crippen LogP contribution in [0.3, 0.4) is 0 Å². The van der Waals surface area contributed by atoms with Gasteiger partial charge in [0.25, 0.3) is 0 Å². The van der Waals surface area contributed by atoms with Crippen LogP contribution in [-0.4, -0.2) is 57.9 Å². The van der Waals surface area contributed by atoms with Crippen molar-refractivity contribution in [2.24, 2.45) is 0 Å². The minimum absolute atomic E-state index is 0.0399. The van der Waals surface area contributed by atoms with Crippen LogP contribution in [0.15, 0.2) is 47.4 Å². The van der Waals surface area contributed by atoms with Gasteiger partial charge in [-0.1, -0.05) is 24.6 Å². The van der Waals surface area contributed by atoms with E-state index in [0.717, 1.165) is 30.2 Å². The molecule has 0 radical (unpaired) electrons. The van der Waals surface area contributed by atoms with Crippen molar-refractivity contribution >= 4 is 27.4 Å². The van der Waals surface area contributed by atoms with Crippen LogP contribution in [0.25, 0.3) is 0 Å². The van der Waals surface area contributed by atoms with Crippen molar-refractivity contribution in [1.29, 1.82) is 0 Å². The van der Waals surface area contributed by atoms with Gasteiger partial charge in [-0.05, 0) is 42.7 Å².